The van der Waals surface area contributed by atoms with E-state index >= 15 is 0 Å². The Balaban J connectivity index is 1.99. The Kier molecular flexibility index (Phi) is 4.75. The third-order valence-electron chi connectivity index (χ3n) is 2.57. The highest BCUT2D eigenvalue weighted by Crippen LogP contribution is 2.17. The van der Waals surface area contributed by atoms with Gasteiger partial charge in [0.2, 0.25) is 0 Å². The predicted molar refractivity (Wildman–Crippen MR) is 84.4 cm³/mol. The van der Waals surface area contributed by atoms with Crippen molar-refractivity contribution in [2.45, 2.75) is 6.54 Å². The second kappa shape index (κ2) is 6.53. The van der Waals surface area contributed by atoms with Crippen molar-refractivity contribution >= 4 is 34.3 Å². The van der Waals surface area contributed by atoms with Crippen LogP contribution in [0.3, 0.4) is 0 Å². The number of rotatable bonds is 3. The first-order valence-corrected chi connectivity index (χ1v) is 6.86. The lowest BCUT2D eigenvalue weighted by molar-refractivity contribution is 0.210. The van der Waals surface area contributed by atoms with Crippen LogP contribution in [0.25, 0.3) is 0 Å². The van der Waals surface area contributed by atoms with E-state index in [0.29, 0.717) is 6.54 Å². The first-order chi connectivity index (χ1) is 9.16. The lowest BCUT2D eigenvalue weighted by atomic mass is 10.2. The lowest BCUT2D eigenvalue weighted by Crippen LogP contribution is -2.40. The molecule has 0 fully saturated rings. The number of hydrogen-bond acceptors (Lipinski definition) is 2. The van der Waals surface area contributed by atoms with Crippen LogP contribution < -0.4 is 11.2 Å². The summed E-state index contributed by atoms with van der Waals surface area (Å²) < 4.78 is 0.974. The Morgan fingerprint density at radius 3 is 2.42 bits per heavy atom. The zero-order valence-electron chi connectivity index (χ0n) is 10.2. The van der Waals surface area contributed by atoms with Gasteiger partial charge in [-0.2, -0.15) is 0 Å². The van der Waals surface area contributed by atoms with Crippen molar-refractivity contribution in [3.05, 3.63) is 63.7 Å². The number of benzene rings is 2. The molecule has 2 amide bonds. The molecule has 19 heavy (non-hydrogen) atoms. The average Bonchev–Trinajstić information content (AvgIpc) is 2.42. The molecule has 5 heteroatoms. The standard InChI is InChI=1S/C14H14IN3O/c15-12-8-4-5-9-13(12)17-14(19)18(16)10-11-6-2-1-3-7-11/h1-9H,10,16H2,(H,17,19). The van der Waals surface area contributed by atoms with Gasteiger partial charge in [0.05, 0.1) is 12.2 Å². The van der Waals surface area contributed by atoms with E-state index in [2.05, 4.69) is 27.9 Å². The van der Waals surface area contributed by atoms with Gasteiger partial charge in [-0.3, -0.25) is 5.01 Å². The topological polar surface area (TPSA) is 58.4 Å². The summed E-state index contributed by atoms with van der Waals surface area (Å²) in [5.41, 5.74) is 1.75. The van der Waals surface area contributed by atoms with Crippen LogP contribution in [-0.4, -0.2) is 11.0 Å². The maximum absolute atomic E-state index is 12.0. The highest BCUT2D eigenvalue weighted by atomic mass is 127. The van der Waals surface area contributed by atoms with Crippen LogP contribution in [0.5, 0.6) is 0 Å². The lowest BCUT2D eigenvalue weighted by Gasteiger charge is -2.18. The number of amides is 2. The number of nitrogens with zero attached hydrogens (tertiary/aromatic N) is 1. The molecule has 0 radical (unpaired) electrons. The van der Waals surface area contributed by atoms with Crippen LogP contribution in [-0.2, 0) is 6.54 Å². The van der Waals surface area contributed by atoms with Crippen LogP contribution in [0.15, 0.2) is 54.6 Å². The molecule has 98 valence electrons. The number of hydrogen-bond donors (Lipinski definition) is 2. The number of urea groups is 1. The maximum atomic E-state index is 12.0. The molecule has 0 saturated heterocycles. The fraction of sp³-hybridized carbons (Fsp3) is 0.0714. The SMILES string of the molecule is NN(Cc1ccccc1)C(=O)Nc1ccccc1I. The van der Waals surface area contributed by atoms with E-state index < -0.39 is 0 Å². The number of nitrogens with one attached hydrogen (secondary N) is 1. The molecule has 0 unspecified atom stereocenters. The third-order valence-corrected chi connectivity index (χ3v) is 3.51. The highest BCUT2D eigenvalue weighted by molar-refractivity contribution is 14.1. The number of anilines is 1. The average molecular weight is 367 g/mol. The summed E-state index contributed by atoms with van der Waals surface area (Å²) in [5.74, 6) is 5.77. The first-order valence-electron chi connectivity index (χ1n) is 5.78. The van der Waals surface area contributed by atoms with Gasteiger partial charge >= 0.3 is 6.03 Å². The number of para-hydroxylation sites is 1. The molecule has 0 atom stereocenters. The Morgan fingerprint density at radius 2 is 1.74 bits per heavy atom. The van der Waals surface area contributed by atoms with Gasteiger partial charge in [-0.15, -0.1) is 0 Å². The number of halogens is 1. The van der Waals surface area contributed by atoms with Crippen molar-refractivity contribution in [1.29, 1.82) is 0 Å². The first kappa shape index (κ1) is 13.8. The van der Waals surface area contributed by atoms with Crippen molar-refractivity contribution in [3.63, 3.8) is 0 Å². The monoisotopic (exact) mass is 367 g/mol. The van der Waals surface area contributed by atoms with E-state index in [1.807, 2.05) is 54.6 Å². The fourth-order valence-electron chi connectivity index (χ4n) is 1.60. The van der Waals surface area contributed by atoms with Gasteiger partial charge in [0, 0.05) is 3.57 Å². The summed E-state index contributed by atoms with van der Waals surface area (Å²) in [6, 6.07) is 16.9. The molecule has 0 aliphatic carbocycles. The summed E-state index contributed by atoms with van der Waals surface area (Å²) in [7, 11) is 0. The summed E-state index contributed by atoms with van der Waals surface area (Å²) in [4.78, 5) is 12.0. The van der Waals surface area contributed by atoms with Crippen molar-refractivity contribution in [3.8, 4) is 0 Å². The molecule has 2 aromatic rings. The molecule has 0 heterocycles. The molecule has 0 saturated carbocycles. The Bertz CT molecular complexity index is 560. The number of nitrogens with two attached hydrogens (primary N) is 1. The molecule has 3 N–H and O–H groups in total. The molecular formula is C14H14IN3O. The van der Waals surface area contributed by atoms with Gasteiger partial charge in [0.25, 0.3) is 0 Å². The molecule has 0 spiro atoms. The number of hydrazine groups is 1. The molecule has 4 nitrogen and oxygen atoms in total. The van der Waals surface area contributed by atoms with Crippen LogP contribution >= 0.6 is 22.6 Å². The summed E-state index contributed by atoms with van der Waals surface area (Å²) in [5, 5.41) is 3.95. The zero-order chi connectivity index (χ0) is 13.7. The molecule has 2 rings (SSSR count). The van der Waals surface area contributed by atoms with Crippen LogP contribution in [0, 0.1) is 3.57 Å². The molecule has 0 bridgehead atoms. The van der Waals surface area contributed by atoms with E-state index in [-0.39, 0.29) is 6.03 Å². The summed E-state index contributed by atoms with van der Waals surface area (Å²) in [6.45, 7) is 0.371. The molecule has 0 aliphatic rings. The molecule has 0 aromatic heterocycles. The highest BCUT2D eigenvalue weighted by Gasteiger charge is 2.11. The molecular weight excluding hydrogens is 353 g/mol. The van der Waals surface area contributed by atoms with Gasteiger partial charge in [0.1, 0.15) is 0 Å². The quantitative estimate of drug-likeness (QED) is 0.379. The largest absolute Gasteiger partial charge is 0.336 e. The van der Waals surface area contributed by atoms with Crippen LogP contribution in [0.4, 0.5) is 10.5 Å². The van der Waals surface area contributed by atoms with E-state index in [9.17, 15) is 4.79 Å². The Labute approximate surface area is 125 Å². The fourth-order valence-corrected chi connectivity index (χ4v) is 2.12. The smallest absolute Gasteiger partial charge is 0.306 e. The Morgan fingerprint density at radius 1 is 1.11 bits per heavy atom. The second-order valence-electron chi connectivity index (χ2n) is 4.02. The minimum atomic E-state index is -0.326. The third kappa shape index (κ3) is 3.93. The Hall–Kier alpha value is -1.60. The van der Waals surface area contributed by atoms with Gasteiger partial charge < -0.3 is 5.32 Å². The van der Waals surface area contributed by atoms with E-state index in [1.54, 1.807) is 0 Å². The van der Waals surface area contributed by atoms with E-state index in [1.165, 1.54) is 5.01 Å². The predicted octanol–water partition coefficient (Wildman–Crippen LogP) is 3.20. The zero-order valence-corrected chi connectivity index (χ0v) is 12.4. The van der Waals surface area contributed by atoms with Crippen LogP contribution in [0.2, 0.25) is 0 Å². The van der Waals surface area contributed by atoms with Crippen molar-refractivity contribution in [2.75, 3.05) is 5.32 Å². The van der Waals surface area contributed by atoms with Gasteiger partial charge in [-0.05, 0) is 40.3 Å². The minimum absolute atomic E-state index is 0.326. The van der Waals surface area contributed by atoms with Crippen molar-refractivity contribution in [1.82, 2.24) is 5.01 Å². The molecule has 0 aliphatic heterocycles. The second-order valence-corrected chi connectivity index (χ2v) is 5.19. The van der Waals surface area contributed by atoms with Gasteiger partial charge in [-0.1, -0.05) is 42.5 Å². The van der Waals surface area contributed by atoms with Crippen molar-refractivity contribution < 1.29 is 4.79 Å². The molecule has 2 aromatic carbocycles. The maximum Gasteiger partial charge on any atom is 0.336 e. The summed E-state index contributed by atoms with van der Waals surface area (Å²) >= 11 is 2.17. The summed E-state index contributed by atoms with van der Waals surface area (Å²) in [6.07, 6.45) is 0. The van der Waals surface area contributed by atoms with Gasteiger partial charge in [-0.25, -0.2) is 10.6 Å². The van der Waals surface area contributed by atoms with Crippen molar-refractivity contribution in [2.24, 2.45) is 5.84 Å². The van der Waals surface area contributed by atoms with E-state index in [0.717, 1.165) is 14.8 Å². The van der Waals surface area contributed by atoms with E-state index in [4.69, 9.17) is 5.84 Å². The number of carbonyl (C=O) groups excluding carboxylic acids is 1. The van der Waals surface area contributed by atoms with Crippen LogP contribution in [0.1, 0.15) is 5.56 Å². The minimum Gasteiger partial charge on any atom is -0.306 e. The van der Waals surface area contributed by atoms with Gasteiger partial charge in [0.15, 0.2) is 0 Å². The normalized spacial score (nSPS) is 10.0. The number of carbonyl (C=O) groups is 1.